The molecule has 0 atom stereocenters. The van der Waals surface area contributed by atoms with Gasteiger partial charge >= 0.3 is 5.97 Å². The summed E-state index contributed by atoms with van der Waals surface area (Å²) in [5.74, 6) is -0.946. The highest BCUT2D eigenvalue weighted by atomic mass is 79.9. The van der Waals surface area contributed by atoms with Crippen molar-refractivity contribution in [2.45, 2.75) is 0 Å². The van der Waals surface area contributed by atoms with Gasteiger partial charge in [-0.15, -0.1) is 0 Å². The van der Waals surface area contributed by atoms with Gasteiger partial charge in [0.15, 0.2) is 0 Å². The van der Waals surface area contributed by atoms with Gasteiger partial charge in [0.25, 0.3) is 0 Å². The average molecular weight is 266 g/mol. The third-order valence-electron chi connectivity index (χ3n) is 2.24. The van der Waals surface area contributed by atoms with Gasteiger partial charge in [-0.3, -0.25) is 0 Å². The first-order chi connectivity index (χ1) is 7.09. The second-order valence-electron chi connectivity index (χ2n) is 3.20. The number of aromatic carboxylic acids is 1. The molecule has 0 aliphatic carbocycles. The monoisotopic (exact) mass is 265 g/mol. The molecule has 4 heteroatoms. The van der Waals surface area contributed by atoms with Crippen LogP contribution < -0.4 is 5.73 Å². The molecule has 0 spiro atoms. The number of carboxylic acids is 1. The molecule has 2 aromatic rings. The second kappa shape index (κ2) is 3.55. The lowest BCUT2D eigenvalue weighted by Crippen LogP contribution is -1.99. The van der Waals surface area contributed by atoms with Crippen molar-refractivity contribution in [3.63, 3.8) is 0 Å². The van der Waals surface area contributed by atoms with Gasteiger partial charge in [-0.05, 0) is 29.7 Å². The molecule has 0 radical (unpaired) electrons. The van der Waals surface area contributed by atoms with Gasteiger partial charge in [-0.25, -0.2) is 4.79 Å². The highest BCUT2D eigenvalue weighted by Crippen LogP contribution is 2.27. The minimum Gasteiger partial charge on any atom is -0.478 e. The predicted octanol–water partition coefficient (Wildman–Crippen LogP) is 2.88. The zero-order chi connectivity index (χ0) is 11.0. The summed E-state index contributed by atoms with van der Waals surface area (Å²) in [7, 11) is 0. The Hall–Kier alpha value is -1.55. The fourth-order valence-corrected chi connectivity index (χ4v) is 1.89. The Labute approximate surface area is 94.6 Å². The normalized spacial score (nSPS) is 10.5. The van der Waals surface area contributed by atoms with Crippen molar-refractivity contribution in [3.8, 4) is 0 Å². The summed E-state index contributed by atoms with van der Waals surface area (Å²) in [5.41, 5.74) is 6.62. The van der Waals surface area contributed by atoms with Crippen LogP contribution in [0.2, 0.25) is 0 Å². The topological polar surface area (TPSA) is 63.3 Å². The van der Waals surface area contributed by atoms with Crippen LogP contribution in [0.4, 0.5) is 5.69 Å². The average Bonchev–Trinajstić information content (AvgIpc) is 2.17. The number of nitrogens with two attached hydrogens (primary N) is 1. The molecule has 0 aromatic heterocycles. The van der Waals surface area contributed by atoms with Crippen LogP contribution in [0.15, 0.2) is 34.8 Å². The van der Waals surface area contributed by atoms with E-state index in [1.54, 1.807) is 18.2 Å². The summed E-state index contributed by atoms with van der Waals surface area (Å²) in [6.45, 7) is 0. The minimum atomic E-state index is -0.946. The van der Waals surface area contributed by atoms with Crippen LogP contribution >= 0.6 is 15.9 Å². The first-order valence-corrected chi connectivity index (χ1v) is 5.10. The zero-order valence-electron chi connectivity index (χ0n) is 7.70. The molecule has 0 fully saturated rings. The molecule has 15 heavy (non-hydrogen) atoms. The van der Waals surface area contributed by atoms with E-state index in [2.05, 4.69) is 15.9 Å². The standard InChI is InChI=1S/C11H8BrNO2/c12-6-1-2-7-9(5-6)8(11(14)15)3-4-10(7)13/h1-5H,13H2,(H,14,15). The van der Waals surface area contributed by atoms with Crippen LogP contribution in [0.5, 0.6) is 0 Å². The van der Waals surface area contributed by atoms with Crippen LogP contribution in [0.3, 0.4) is 0 Å². The number of anilines is 1. The Morgan fingerprint density at radius 1 is 1.20 bits per heavy atom. The van der Waals surface area contributed by atoms with E-state index in [1.165, 1.54) is 6.07 Å². The van der Waals surface area contributed by atoms with E-state index in [-0.39, 0.29) is 5.56 Å². The summed E-state index contributed by atoms with van der Waals surface area (Å²) < 4.78 is 0.836. The van der Waals surface area contributed by atoms with Gasteiger partial charge in [0.1, 0.15) is 0 Å². The van der Waals surface area contributed by atoms with E-state index < -0.39 is 5.97 Å². The van der Waals surface area contributed by atoms with Gasteiger partial charge in [-0.2, -0.15) is 0 Å². The molecule has 2 rings (SSSR count). The van der Waals surface area contributed by atoms with Gasteiger partial charge in [0.2, 0.25) is 0 Å². The van der Waals surface area contributed by atoms with Crippen LogP contribution in [-0.4, -0.2) is 11.1 Å². The van der Waals surface area contributed by atoms with Crippen LogP contribution in [0.1, 0.15) is 10.4 Å². The van der Waals surface area contributed by atoms with E-state index in [0.29, 0.717) is 11.1 Å². The lowest BCUT2D eigenvalue weighted by molar-refractivity contribution is 0.0699. The Bertz CT molecular complexity index is 552. The van der Waals surface area contributed by atoms with Crippen LogP contribution in [-0.2, 0) is 0 Å². The number of benzene rings is 2. The second-order valence-corrected chi connectivity index (χ2v) is 4.11. The fourth-order valence-electron chi connectivity index (χ4n) is 1.53. The lowest BCUT2D eigenvalue weighted by Gasteiger charge is -2.05. The smallest absolute Gasteiger partial charge is 0.336 e. The van der Waals surface area contributed by atoms with Gasteiger partial charge < -0.3 is 10.8 Å². The van der Waals surface area contributed by atoms with Crippen molar-refractivity contribution in [1.82, 2.24) is 0 Å². The van der Waals surface area contributed by atoms with Gasteiger partial charge in [-0.1, -0.05) is 22.0 Å². The van der Waals surface area contributed by atoms with Crippen molar-refractivity contribution in [1.29, 1.82) is 0 Å². The molecular weight excluding hydrogens is 258 g/mol. The maximum Gasteiger partial charge on any atom is 0.336 e. The SMILES string of the molecule is Nc1ccc(C(=O)O)c2cc(Br)ccc12. The van der Waals surface area contributed by atoms with Crippen LogP contribution in [0.25, 0.3) is 10.8 Å². The number of hydrogen-bond donors (Lipinski definition) is 2. The van der Waals surface area contributed by atoms with Crippen molar-refractivity contribution >= 4 is 38.4 Å². The summed E-state index contributed by atoms with van der Waals surface area (Å²) >= 11 is 3.31. The number of carbonyl (C=O) groups is 1. The van der Waals surface area contributed by atoms with Crippen molar-refractivity contribution in [3.05, 3.63) is 40.4 Å². The van der Waals surface area contributed by atoms with E-state index in [0.717, 1.165) is 9.86 Å². The zero-order valence-corrected chi connectivity index (χ0v) is 9.28. The van der Waals surface area contributed by atoms with Crippen molar-refractivity contribution < 1.29 is 9.90 Å². The van der Waals surface area contributed by atoms with Crippen LogP contribution in [0, 0.1) is 0 Å². The maximum atomic E-state index is 11.0. The fraction of sp³-hybridized carbons (Fsp3) is 0. The van der Waals surface area contributed by atoms with Gasteiger partial charge in [0, 0.05) is 15.5 Å². The first-order valence-electron chi connectivity index (χ1n) is 4.30. The molecule has 3 nitrogen and oxygen atoms in total. The van der Waals surface area contributed by atoms with E-state index in [9.17, 15) is 4.79 Å². The summed E-state index contributed by atoms with van der Waals surface area (Å²) in [6.07, 6.45) is 0. The van der Waals surface area contributed by atoms with Crippen molar-refractivity contribution in [2.24, 2.45) is 0 Å². The predicted molar refractivity (Wildman–Crippen MR) is 63.0 cm³/mol. The molecule has 2 aromatic carbocycles. The van der Waals surface area contributed by atoms with Crippen molar-refractivity contribution in [2.75, 3.05) is 5.73 Å². The molecule has 0 aliphatic rings. The lowest BCUT2D eigenvalue weighted by atomic mass is 10.0. The highest BCUT2D eigenvalue weighted by molar-refractivity contribution is 9.10. The molecule has 0 amide bonds. The number of carboxylic acid groups (broad SMARTS) is 1. The quantitative estimate of drug-likeness (QED) is 0.780. The minimum absolute atomic E-state index is 0.264. The third kappa shape index (κ3) is 1.68. The molecule has 3 N–H and O–H groups in total. The van der Waals surface area contributed by atoms with E-state index in [1.807, 2.05) is 6.07 Å². The number of halogens is 1. The summed E-state index contributed by atoms with van der Waals surface area (Å²) in [6, 6.07) is 8.53. The Morgan fingerprint density at radius 2 is 1.93 bits per heavy atom. The van der Waals surface area contributed by atoms with Gasteiger partial charge in [0.05, 0.1) is 5.56 Å². The molecule has 0 bridgehead atoms. The molecule has 0 saturated carbocycles. The molecular formula is C11H8BrNO2. The molecule has 0 heterocycles. The Morgan fingerprint density at radius 3 is 2.60 bits per heavy atom. The molecule has 0 unspecified atom stereocenters. The molecule has 0 saturated heterocycles. The van der Waals surface area contributed by atoms with E-state index in [4.69, 9.17) is 10.8 Å². The third-order valence-corrected chi connectivity index (χ3v) is 2.74. The molecule has 0 aliphatic heterocycles. The van der Waals surface area contributed by atoms with E-state index >= 15 is 0 Å². The summed E-state index contributed by atoms with van der Waals surface area (Å²) in [5, 5.41) is 10.4. The first kappa shape index (κ1) is 9.98. The molecule has 76 valence electrons. The number of fused-ring (bicyclic) bond motifs is 1. The highest BCUT2D eigenvalue weighted by Gasteiger charge is 2.10. The maximum absolute atomic E-state index is 11.0. The Kier molecular flexibility index (Phi) is 2.36. The Balaban J connectivity index is 2.90. The number of hydrogen-bond acceptors (Lipinski definition) is 2. The number of rotatable bonds is 1. The summed E-state index contributed by atoms with van der Waals surface area (Å²) in [4.78, 5) is 11.0. The largest absolute Gasteiger partial charge is 0.478 e. The number of nitrogen functional groups attached to an aromatic ring is 1.